The molecule has 32 heavy (non-hydrogen) atoms. The third-order valence-corrected chi connectivity index (χ3v) is 5.48. The van der Waals surface area contributed by atoms with E-state index < -0.39 is 11.5 Å². The molecule has 2 aliphatic heterocycles. The summed E-state index contributed by atoms with van der Waals surface area (Å²) >= 11 is 0. The Hall–Kier alpha value is -3.26. The summed E-state index contributed by atoms with van der Waals surface area (Å²) in [4.78, 5) is 43.2. The Morgan fingerprint density at radius 2 is 2.03 bits per heavy atom. The molecule has 1 atom stereocenters. The van der Waals surface area contributed by atoms with Crippen LogP contribution in [0.4, 0.5) is 0 Å². The van der Waals surface area contributed by atoms with Crippen molar-refractivity contribution < 1.29 is 23.8 Å². The van der Waals surface area contributed by atoms with Gasteiger partial charge in [0.05, 0.1) is 11.5 Å². The highest BCUT2D eigenvalue weighted by Crippen LogP contribution is 2.28. The lowest BCUT2D eigenvalue weighted by atomic mass is 9.97. The lowest BCUT2D eigenvalue weighted by molar-refractivity contribution is -0.143. The van der Waals surface area contributed by atoms with E-state index in [1.807, 2.05) is 0 Å². The van der Waals surface area contributed by atoms with Gasteiger partial charge in [0.25, 0.3) is 0 Å². The van der Waals surface area contributed by atoms with Crippen LogP contribution in [-0.4, -0.2) is 46.1 Å². The number of benzene rings is 2. The van der Waals surface area contributed by atoms with Gasteiger partial charge in [-0.1, -0.05) is 0 Å². The second-order valence-corrected chi connectivity index (χ2v) is 9.19. The predicted molar refractivity (Wildman–Crippen MR) is 118 cm³/mol. The highest BCUT2D eigenvalue weighted by Gasteiger charge is 2.25. The van der Waals surface area contributed by atoms with E-state index >= 15 is 0 Å². The topological polar surface area (TPSA) is 110 Å². The predicted octanol–water partition coefficient (Wildman–Crippen LogP) is 2.77. The van der Waals surface area contributed by atoms with E-state index in [0.717, 1.165) is 0 Å². The Bertz CT molecular complexity index is 1210. The third-order valence-electron chi connectivity index (χ3n) is 5.48. The number of hydrogen-bond acceptors (Lipinski definition) is 7. The number of hydrogen-bond donors (Lipinski definition) is 1. The molecule has 0 aromatic heterocycles. The zero-order valence-electron chi connectivity index (χ0n) is 18.4. The number of fused-ring (bicyclic) bond motifs is 2. The summed E-state index contributed by atoms with van der Waals surface area (Å²) in [6, 6.07) is 7.94. The van der Waals surface area contributed by atoms with E-state index in [-0.39, 0.29) is 23.7 Å². The quantitative estimate of drug-likeness (QED) is 0.379. The first-order valence-electron chi connectivity index (χ1n) is 10.7. The fraction of sp³-hybridized carbons (Fsp3) is 0.417. The van der Waals surface area contributed by atoms with E-state index in [1.54, 1.807) is 49.9 Å². The van der Waals surface area contributed by atoms with Crippen molar-refractivity contribution >= 4 is 23.0 Å². The number of aliphatic hydroxyl groups is 1. The summed E-state index contributed by atoms with van der Waals surface area (Å²) < 4.78 is 11.3. The van der Waals surface area contributed by atoms with Gasteiger partial charge in [0, 0.05) is 37.2 Å². The molecule has 1 aromatic rings. The number of likely N-dealkylation sites (tertiary alicyclic amines) is 1. The minimum atomic E-state index is -0.641. The van der Waals surface area contributed by atoms with Gasteiger partial charge < -0.3 is 19.2 Å². The Labute approximate surface area is 185 Å². The maximum absolute atomic E-state index is 12.6. The second-order valence-electron chi connectivity index (χ2n) is 9.19. The number of carbonyl (C=O) groups is 2. The highest BCUT2D eigenvalue weighted by molar-refractivity contribution is 5.81. The van der Waals surface area contributed by atoms with Crippen LogP contribution in [-0.2, 0) is 16.0 Å². The molecule has 1 aliphatic carbocycles. The lowest BCUT2D eigenvalue weighted by Crippen LogP contribution is -2.30. The van der Waals surface area contributed by atoms with Gasteiger partial charge in [-0.15, -0.1) is 0 Å². The summed E-state index contributed by atoms with van der Waals surface area (Å²) in [5.74, 6) is 0.219. The second kappa shape index (κ2) is 8.35. The molecule has 0 saturated carbocycles. The number of nitrogens with zero attached hydrogens (tertiary/aromatic N) is 2. The van der Waals surface area contributed by atoms with E-state index in [1.165, 1.54) is 6.07 Å². The molecular formula is C24H26N2O6. The summed E-state index contributed by atoms with van der Waals surface area (Å²) in [6.45, 7) is 6.20. The molecule has 1 N–H and O–H groups in total. The minimum Gasteiger partial charge on any atom is -0.453 e. The number of aryl methyl sites for hydroxylation is 1. The summed E-state index contributed by atoms with van der Waals surface area (Å²) in [6.07, 6.45) is 0.609. The molecule has 4 rings (SSSR count). The molecule has 8 heteroatoms. The van der Waals surface area contributed by atoms with Gasteiger partial charge in [-0.05, 0) is 51.8 Å². The highest BCUT2D eigenvalue weighted by atomic mass is 16.5. The van der Waals surface area contributed by atoms with Crippen molar-refractivity contribution in [3.8, 4) is 17.2 Å². The molecule has 3 aliphatic rings. The largest absolute Gasteiger partial charge is 0.453 e. The number of ether oxygens (including phenoxy) is 1. The minimum absolute atomic E-state index is 0.0745. The van der Waals surface area contributed by atoms with Crippen molar-refractivity contribution in [1.29, 1.82) is 0 Å². The first-order chi connectivity index (χ1) is 15.1. The Kier molecular flexibility index (Phi) is 5.73. The van der Waals surface area contributed by atoms with E-state index in [9.17, 15) is 19.5 Å². The molecule has 1 fully saturated rings. The van der Waals surface area contributed by atoms with Crippen molar-refractivity contribution in [1.82, 2.24) is 9.88 Å². The zero-order valence-corrected chi connectivity index (χ0v) is 18.4. The van der Waals surface area contributed by atoms with Crippen molar-refractivity contribution in [2.24, 2.45) is 5.41 Å². The zero-order chi connectivity index (χ0) is 23.0. The summed E-state index contributed by atoms with van der Waals surface area (Å²) in [5, 5.41) is 9.59. The van der Waals surface area contributed by atoms with Crippen LogP contribution in [0.25, 0.3) is 22.6 Å². The van der Waals surface area contributed by atoms with Crippen LogP contribution in [0.5, 0.6) is 5.75 Å². The van der Waals surface area contributed by atoms with Crippen LogP contribution in [0.15, 0.2) is 39.5 Å². The molecule has 0 spiro atoms. The van der Waals surface area contributed by atoms with Crippen molar-refractivity contribution in [3.05, 3.63) is 46.1 Å². The van der Waals surface area contributed by atoms with Crippen LogP contribution in [0, 0.1) is 5.41 Å². The fourth-order valence-electron chi connectivity index (χ4n) is 3.57. The van der Waals surface area contributed by atoms with Crippen LogP contribution >= 0.6 is 0 Å². The van der Waals surface area contributed by atoms with E-state index in [2.05, 4.69) is 4.98 Å². The molecule has 0 bridgehead atoms. The average Bonchev–Trinajstić information content (AvgIpc) is 3.16. The first kappa shape index (κ1) is 22.0. The Morgan fingerprint density at radius 3 is 2.72 bits per heavy atom. The molecule has 1 saturated heterocycles. The first-order valence-corrected chi connectivity index (χ1v) is 10.7. The average molecular weight is 438 g/mol. The Morgan fingerprint density at radius 1 is 1.25 bits per heavy atom. The Balaban J connectivity index is 1.56. The number of carbonyl (C=O) groups excluding carboxylic acids is 2. The van der Waals surface area contributed by atoms with Crippen molar-refractivity contribution in [2.75, 3.05) is 13.1 Å². The van der Waals surface area contributed by atoms with Crippen molar-refractivity contribution in [2.45, 2.75) is 46.1 Å². The molecule has 1 unspecified atom stereocenters. The number of esters is 1. The van der Waals surface area contributed by atoms with Crippen LogP contribution in [0.1, 0.15) is 39.2 Å². The molecule has 168 valence electrons. The molecule has 0 radical (unpaired) electrons. The van der Waals surface area contributed by atoms with Gasteiger partial charge in [-0.2, -0.15) is 0 Å². The number of rotatable bonds is 4. The smallest absolute Gasteiger partial charge is 0.316 e. The standard InChI is InChI=1S/C24H26N2O6/c1-24(2,3)23(30)31-16-5-6-17-20(11-16)32-21-12-19(28)14(10-18(21)25-17)4-7-22(29)26-9-8-15(27)13-26/h5-6,10-12,15,27H,4,7-9,13H2,1-3H3. The lowest BCUT2D eigenvalue weighted by Gasteiger charge is -2.16. The molecule has 1 aromatic carbocycles. The number of aromatic nitrogens is 1. The van der Waals surface area contributed by atoms with Crippen molar-refractivity contribution in [3.63, 3.8) is 0 Å². The fourth-order valence-corrected chi connectivity index (χ4v) is 3.57. The van der Waals surface area contributed by atoms with E-state index in [0.29, 0.717) is 59.8 Å². The normalized spacial score (nSPS) is 16.6. The maximum Gasteiger partial charge on any atom is 0.316 e. The SMILES string of the molecule is CC(C)(C)C(=O)Oc1ccc2nc3cc(CCC(=O)N4CCC(O)C4)c(=O)cc-3oc2c1. The monoisotopic (exact) mass is 438 g/mol. The summed E-state index contributed by atoms with van der Waals surface area (Å²) in [5.41, 5.74) is 1.08. The number of amides is 1. The van der Waals surface area contributed by atoms with Crippen LogP contribution in [0.3, 0.4) is 0 Å². The van der Waals surface area contributed by atoms with E-state index in [4.69, 9.17) is 9.15 Å². The van der Waals surface area contributed by atoms with Gasteiger partial charge in [-0.3, -0.25) is 14.4 Å². The maximum atomic E-state index is 12.6. The van der Waals surface area contributed by atoms with Gasteiger partial charge in [0.1, 0.15) is 17.0 Å². The summed E-state index contributed by atoms with van der Waals surface area (Å²) in [7, 11) is 0. The van der Waals surface area contributed by atoms with Crippen LogP contribution in [0.2, 0.25) is 0 Å². The van der Waals surface area contributed by atoms with Gasteiger partial charge in [-0.25, -0.2) is 4.98 Å². The molecule has 8 nitrogen and oxygen atoms in total. The molecular weight excluding hydrogens is 412 g/mol. The van der Waals surface area contributed by atoms with Gasteiger partial charge in [0.15, 0.2) is 16.8 Å². The number of aliphatic hydroxyl groups excluding tert-OH is 1. The van der Waals surface area contributed by atoms with Gasteiger partial charge >= 0.3 is 5.97 Å². The molecule has 2 heterocycles. The number of β-amino-alcohol motifs (C(OH)–C–C–N with tert-alkyl or cyclic N) is 1. The molecule has 1 amide bonds. The van der Waals surface area contributed by atoms with Crippen LogP contribution < -0.4 is 10.2 Å². The third kappa shape index (κ3) is 4.65. The van der Waals surface area contributed by atoms with Gasteiger partial charge in [0.2, 0.25) is 5.91 Å².